The molecule has 0 amide bonds. The van der Waals surface area contributed by atoms with Gasteiger partial charge in [0.05, 0.1) is 12.2 Å². The molecule has 0 bridgehead atoms. The summed E-state index contributed by atoms with van der Waals surface area (Å²) >= 11 is 0. The molecule has 0 saturated carbocycles. The fourth-order valence-corrected chi connectivity index (χ4v) is 2.47. The number of aromatic nitrogens is 3. The van der Waals surface area contributed by atoms with Crippen LogP contribution in [0.15, 0.2) is 30.6 Å². The van der Waals surface area contributed by atoms with Crippen LogP contribution >= 0.6 is 0 Å². The number of nitrogens with two attached hydrogens (primary N) is 1. The van der Waals surface area contributed by atoms with Gasteiger partial charge in [0.1, 0.15) is 17.5 Å². The summed E-state index contributed by atoms with van der Waals surface area (Å²) in [6.45, 7) is 1.78. The second-order valence-corrected chi connectivity index (χ2v) is 4.77. The van der Waals surface area contributed by atoms with Gasteiger partial charge in [-0.3, -0.25) is 4.68 Å². The first-order valence-electron chi connectivity index (χ1n) is 6.39. The number of nitrogens with zero attached hydrogens (tertiary/aromatic N) is 4. The van der Waals surface area contributed by atoms with Gasteiger partial charge < -0.3 is 10.6 Å². The summed E-state index contributed by atoms with van der Waals surface area (Å²) in [7, 11) is 0. The lowest BCUT2D eigenvalue weighted by atomic mass is 10.1. The van der Waals surface area contributed by atoms with Gasteiger partial charge in [0, 0.05) is 19.3 Å². The van der Waals surface area contributed by atoms with Crippen LogP contribution in [0.5, 0.6) is 0 Å². The molecule has 1 aliphatic rings. The zero-order valence-electron chi connectivity index (χ0n) is 10.5. The van der Waals surface area contributed by atoms with Crippen LogP contribution in [-0.4, -0.2) is 27.9 Å². The fourth-order valence-electron chi connectivity index (χ4n) is 2.47. The van der Waals surface area contributed by atoms with E-state index in [1.807, 2.05) is 16.9 Å². The van der Waals surface area contributed by atoms with Crippen molar-refractivity contribution in [1.82, 2.24) is 14.8 Å². The Kier molecular flexibility index (Phi) is 3.06. The largest absolute Gasteiger partial charge is 0.382 e. The number of pyridine rings is 1. The predicted molar refractivity (Wildman–Crippen MR) is 71.3 cm³/mol. The van der Waals surface area contributed by atoms with Crippen molar-refractivity contribution in [2.75, 3.05) is 23.7 Å². The van der Waals surface area contributed by atoms with Crippen LogP contribution in [-0.2, 0) is 0 Å². The standard InChI is InChI=1S/C13H16FN5/c14-10-1-2-13(16-9-10)18-6-3-11(4-7-18)19-8-5-12(15)17-19/h1-2,5,8-9,11H,3-4,6-7H2,(H2,15,17). The zero-order valence-corrected chi connectivity index (χ0v) is 10.5. The normalized spacial score (nSPS) is 16.8. The Hall–Kier alpha value is -2.11. The molecule has 2 N–H and O–H groups in total. The number of halogens is 1. The van der Waals surface area contributed by atoms with Gasteiger partial charge in [0.2, 0.25) is 0 Å². The quantitative estimate of drug-likeness (QED) is 0.896. The molecule has 2 aromatic rings. The summed E-state index contributed by atoms with van der Waals surface area (Å²) in [5.74, 6) is 1.09. The molecule has 0 aliphatic carbocycles. The first kappa shape index (κ1) is 12.0. The van der Waals surface area contributed by atoms with Gasteiger partial charge in [-0.25, -0.2) is 9.37 Å². The monoisotopic (exact) mass is 261 g/mol. The summed E-state index contributed by atoms with van der Waals surface area (Å²) in [5, 5.41) is 4.25. The van der Waals surface area contributed by atoms with Crippen molar-refractivity contribution in [2.45, 2.75) is 18.9 Å². The Morgan fingerprint density at radius 2 is 2.00 bits per heavy atom. The third-order valence-corrected chi connectivity index (χ3v) is 3.50. The van der Waals surface area contributed by atoms with Crippen molar-refractivity contribution >= 4 is 11.6 Å². The van der Waals surface area contributed by atoms with Crippen molar-refractivity contribution in [2.24, 2.45) is 0 Å². The number of nitrogen functional groups attached to an aromatic ring is 1. The fraction of sp³-hybridized carbons (Fsp3) is 0.385. The van der Waals surface area contributed by atoms with Gasteiger partial charge in [-0.05, 0) is 31.0 Å². The minimum absolute atomic E-state index is 0.300. The lowest BCUT2D eigenvalue weighted by Crippen LogP contribution is -2.35. The Labute approximate surface area is 110 Å². The van der Waals surface area contributed by atoms with E-state index in [0.29, 0.717) is 11.9 Å². The molecule has 0 unspecified atom stereocenters. The van der Waals surface area contributed by atoms with Crippen LogP contribution in [0.4, 0.5) is 16.0 Å². The topological polar surface area (TPSA) is 60.0 Å². The van der Waals surface area contributed by atoms with Gasteiger partial charge in [-0.2, -0.15) is 5.10 Å². The summed E-state index contributed by atoms with van der Waals surface area (Å²) in [5.41, 5.74) is 5.63. The summed E-state index contributed by atoms with van der Waals surface area (Å²) in [6, 6.07) is 5.37. The maximum Gasteiger partial charge on any atom is 0.145 e. The molecule has 5 nitrogen and oxygen atoms in total. The molecule has 100 valence electrons. The molecule has 0 radical (unpaired) electrons. The highest BCUT2D eigenvalue weighted by atomic mass is 19.1. The molecule has 3 heterocycles. The molecule has 1 aliphatic heterocycles. The summed E-state index contributed by atoms with van der Waals surface area (Å²) in [4.78, 5) is 6.28. The highest BCUT2D eigenvalue weighted by molar-refractivity contribution is 5.38. The van der Waals surface area contributed by atoms with Crippen LogP contribution < -0.4 is 10.6 Å². The molecule has 2 aromatic heterocycles. The van der Waals surface area contributed by atoms with Crippen molar-refractivity contribution < 1.29 is 4.39 Å². The van der Waals surface area contributed by atoms with E-state index in [-0.39, 0.29) is 5.82 Å². The lowest BCUT2D eigenvalue weighted by Gasteiger charge is -2.32. The number of piperidine rings is 1. The van der Waals surface area contributed by atoms with Gasteiger partial charge >= 0.3 is 0 Å². The van der Waals surface area contributed by atoms with Gasteiger partial charge in [0.25, 0.3) is 0 Å². The average Bonchev–Trinajstić information content (AvgIpc) is 2.87. The van der Waals surface area contributed by atoms with Crippen LogP contribution in [0.25, 0.3) is 0 Å². The first-order valence-corrected chi connectivity index (χ1v) is 6.39. The highest BCUT2D eigenvalue weighted by Gasteiger charge is 2.21. The molecule has 6 heteroatoms. The van der Waals surface area contributed by atoms with Crippen molar-refractivity contribution in [3.63, 3.8) is 0 Å². The van der Waals surface area contributed by atoms with E-state index in [4.69, 9.17) is 5.73 Å². The van der Waals surface area contributed by atoms with Crippen molar-refractivity contribution in [3.05, 3.63) is 36.4 Å². The molecule has 3 rings (SSSR count). The Bertz CT molecular complexity index is 542. The minimum Gasteiger partial charge on any atom is -0.382 e. The molecular formula is C13H16FN5. The Morgan fingerprint density at radius 1 is 1.21 bits per heavy atom. The third kappa shape index (κ3) is 2.52. The molecule has 1 saturated heterocycles. The van der Waals surface area contributed by atoms with Gasteiger partial charge in [-0.15, -0.1) is 0 Å². The van der Waals surface area contributed by atoms with Crippen molar-refractivity contribution in [1.29, 1.82) is 0 Å². The Morgan fingerprint density at radius 3 is 2.58 bits per heavy atom. The minimum atomic E-state index is -0.300. The van der Waals surface area contributed by atoms with Crippen LogP contribution in [0.1, 0.15) is 18.9 Å². The van der Waals surface area contributed by atoms with Crippen LogP contribution in [0, 0.1) is 5.82 Å². The van der Waals surface area contributed by atoms with E-state index in [2.05, 4.69) is 15.0 Å². The van der Waals surface area contributed by atoms with Gasteiger partial charge in [0.15, 0.2) is 0 Å². The lowest BCUT2D eigenvalue weighted by molar-refractivity contribution is 0.366. The van der Waals surface area contributed by atoms with E-state index in [1.165, 1.54) is 12.3 Å². The average molecular weight is 261 g/mol. The zero-order chi connectivity index (χ0) is 13.2. The van der Waals surface area contributed by atoms with Crippen molar-refractivity contribution in [3.8, 4) is 0 Å². The molecule has 19 heavy (non-hydrogen) atoms. The molecule has 0 atom stereocenters. The van der Waals surface area contributed by atoms with E-state index in [1.54, 1.807) is 6.07 Å². The molecule has 1 fully saturated rings. The van der Waals surface area contributed by atoms with Gasteiger partial charge in [-0.1, -0.05) is 0 Å². The SMILES string of the molecule is Nc1ccn(C2CCN(c3ccc(F)cn3)CC2)n1. The molecule has 0 aromatic carbocycles. The first-order chi connectivity index (χ1) is 9.22. The summed E-state index contributed by atoms with van der Waals surface area (Å²) in [6.07, 6.45) is 5.15. The van der Waals surface area contributed by atoms with E-state index in [9.17, 15) is 4.39 Å². The number of hydrogen-bond donors (Lipinski definition) is 1. The molecular weight excluding hydrogens is 245 g/mol. The predicted octanol–water partition coefficient (Wildman–Crippen LogP) is 1.84. The van der Waals surface area contributed by atoms with E-state index in [0.717, 1.165) is 31.7 Å². The summed E-state index contributed by atoms with van der Waals surface area (Å²) < 4.78 is 14.8. The maximum atomic E-state index is 12.8. The maximum absolute atomic E-state index is 12.8. The smallest absolute Gasteiger partial charge is 0.145 e. The van der Waals surface area contributed by atoms with Crippen LogP contribution in [0.2, 0.25) is 0 Å². The number of hydrogen-bond acceptors (Lipinski definition) is 4. The number of rotatable bonds is 2. The second kappa shape index (κ2) is 4.87. The highest BCUT2D eigenvalue weighted by Crippen LogP contribution is 2.25. The van der Waals surface area contributed by atoms with E-state index < -0.39 is 0 Å². The van der Waals surface area contributed by atoms with E-state index >= 15 is 0 Å². The van der Waals surface area contributed by atoms with Crippen LogP contribution in [0.3, 0.4) is 0 Å². The molecule has 0 spiro atoms. The Balaban J connectivity index is 1.64. The second-order valence-electron chi connectivity index (χ2n) is 4.77. The number of anilines is 2. The third-order valence-electron chi connectivity index (χ3n) is 3.50.